The number of aryl methyl sites for hydroxylation is 2. The number of benzene rings is 2. The highest BCUT2D eigenvalue weighted by molar-refractivity contribution is 5.59. The van der Waals surface area contributed by atoms with Gasteiger partial charge in [-0.2, -0.15) is 0 Å². The van der Waals surface area contributed by atoms with E-state index in [9.17, 15) is 8.78 Å². The number of halogens is 2. The van der Waals surface area contributed by atoms with Crippen LogP contribution in [0.1, 0.15) is 23.4 Å². The van der Waals surface area contributed by atoms with Gasteiger partial charge in [-0.1, -0.05) is 18.2 Å². The Morgan fingerprint density at radius 2 is 1.83 bits per heavy atom. The second kappa shape index (κ2) is 9.87. The maximum Gasteiger partial charge on any atom is 0.128 e. The van der Waals surface area contributed by atoms with Crippen LogP contribution in [0.4, 0.5) is 8.78 Å². The molecule has 1 fully saturated rings. The normalized spacial score (nSPS) is 14.7. The number of rotatable bonds is 7. The van der Waals surface area contributed by atoms with Gasteiger partial charge in [0.15, 0.2) is 0 Å². The van der Waals surface area contributed by atoms with Crippen LogP contribution >= 0.6 is 0 Å². The number of hydrogen-bond donors (Lipinski definition) is 1. The molecule has 0 amide bonds. The van der Waals surface area contributed by atoms with Gasteiger partial charge in [0.25, 0.3) is 0 Å². The van der Waals surface area contributed by atoms with Gasteiger partial charge in [0, 0.05) is 57.0 Å². The standard InChI is InChI=1S/C24H25F2N4/c25-21-14-18(15-22(26)16-21)3-2-6-24-28-8-7-23(29-24)20-5-1-4-19(13-20)17-30-11-9-27-10-12-30/h1,4-5,7-8,11,13-16,27H,2-3,6,9-10,12,17H2. The molecule has 1 N–H and O–H groups in total. The summed E-state index contributed by atoms with van der Waals surface area (Å²) in [6.45, 7) is 6.02. The average molecular weight is 407 g/mol. The van der Waals surface area contributed by atoms with Crippen LogP contribution in [0.2, 0.25) is 0 Å². The third kappa shape index (κ3) is 5.68. The van der Waals surface area contributed by atoms with Gasteiger partial charge in [-0.05, 0) is 48.2 Å². The number of hydrogen-bond acceptors (Lipinski definition) is 4. The lowest BCUT2D eigenvalue weighted by molar-refractivity contribution is 0.286. The lowest BCUT2D eigenvalue weighted by atomic mass is 10.1. The van der Waals surface area contributed by atoms with Crippen LogP contribution in [0.3, 0.4) is 0 Å². The molecule has 0 unspecified atom stereocenters. The Hall–Kier alpha value is -2.70. The van der Waals surface area contributed by atoms with Crippen LogP contribution in [-0.2, 0) is 19.4 Å². The fourth-order valence-corrected chi connectivity index (χ4v) is 3.70. The van der Waals surface area contributed by atoms with Crippen LogP contribution in [0, 0.1) is 18.2 Å². The smallest absolute Gasteiger partial charge is 0.128 e. The van der Waals surface area contributed by atoms with E-state index in [1.807, 2.05) is 6.07 Å². The summed E-state index contributed by atoms with van der Waals surface area (Å²) in [7, 11) is 0. The van der Waals surface area contributed by atoms with Crippen molar-refractivity contribution in [2.45, 2.75) is 25.8 Å². The minimum Gasteiger partial charge on any atom is -0.314 e. The summed E-state index contributed by atoms with van der Waals surface area (Å²) in [5.41, 5.74) is 3.86. The predicted octanol–water partition coefficient (Wildman–Crippen LogP) is 4.16. The van der Waals surface area contributed by atoms with Crippen molar-refractivity contribution in [3.8, 4) is 11.3 Å². The zero-order chi connectivity index (χ0) is 20.8. The Morgan fingerprint density at radius 3 is 2.63 bits per heavy atom. The first-order valence-corrected chi connectivity index (χ1v) is 10.3. The van der Waals surface area contributed by atoms with E-state index in [4.69, 9.17) is 4.98 Å². The van der Waals surface area contributed by atoms with E-state index in [0.717, 1.165) is 55.7 Å². The molecular weight excluding hydrogens is 382 g/mol. The lowest BCUT2D eigenvalue weighted by Gasteiger charge is -2.26. The molecule has 2 aromatic carbocycles. The Labute approximate surface area is 176 Å². The molecule has 3 aromatic rings. The van der Waals surface area contributed by atoms with Gasteiger partial charge < -0.3 is 5.32 Å². The van der Waals surface area contributed by atoms with Gasteiger partial charge in [0.1, 0.15) is 17.5 Å². The molecule has 1 aliphatic rings. The van der Waals surface area contributed by atoms with Crippen molar-refractivity contribution >= 4 is 0 Å². The molecule has 1 saturated heterocycles. The van der Waals surface area contributed by atoms with Gasteiger partial charge >= 0.3 is 0 Å². The molecule has 6 heteroatoms. The van der Waals surface area contributed by atoms with Gasteiger partial charge in [-0.25, -0.2) is 18.7 Å². The first-order chi connectivity index (χ1) is 14.7. The Morgan fingerprint density at radius 1 is 0.967 bits per heavy atom. The summed E-state index contributed by atoms with van der Waals surface area (Å²) < 4.78 is 26.7. The molecular formula is C24H25F2N4. The molecule has 0 atom stereocenters. The highest BCUT2D eigenvalue weighted by Crippen LogP contribution is 2.20. The van der Waals surface area contributed by atoms with E-state index in [-0.39, 0.29) is 0 Å². The van der Waals surface area contributed by atoms with Crippen LogP contribution in [0.15, 0.2) is 54.7 Å². The van der Waals surface area contributed by atoms with Gasteiger partial charge in [-0.15, -0.1) is 0 Å². The van der Waals surface area contributed by atoms with E-state index in [1.54, 1.807) is 6.20 Å². The van der Waals surface area contributed by atoms with Crippen LogP contribution < -0.4 is 5.32 Å². The van der Waals surface area contributed by atoms with E-state index in [0.29, 0.717) is 18.4 Å². The van der Waals surface area contributed by atoms with E-state index >= 15 is 0 Å². The third-order valence-electron chi connectivity index (χ3n) is 5.17. The molecule has 0 saturated carbocycles. The molecule has 4 nitrogen and oxygen atoms in total. The van der Waals surface area contributed by atoms with Crippen LogP contribution in [0.25, 0.3) is 11.3 Å². The fourth-order valence-electron chi connectivity index (χ4n) is 3.70. The highest BCUT2D eigenvalue weighted by Gasteiger charge is 2.11. The first kappa shape index (κ1) is 20.6. The molecule has 155 valence electrons. The summed E-state index contributed by atoms with van der Waals surface area (Å²) in [5.74, 6) is -0.340. The van der Waals surface area contributed by atoms with Gasteiger partial charge in [0.05, 0.1) is 5.69 Å². The van der Waals surface area contributed by atoms with E-state index in [1.165, 1.54) is 17.7 Å². The number of aromatic nitrogens is 2. The average Bonchev–Trinajstić information content (AvgIpc) is 2.74. The topological polar surface area (TPSA) is 41.1 Å². The van der Waals surface area contributed by atoms with Crippen molar-refractivity contribution in [3.05, 3.63) is 89.9 Å². The summed E-state index contributed by atoms with van der Waals surface area (Å²) >= 11 is 0. The number of nitrogens with one attached hydrogen (secondary N) is 1. The quantitative estimate of drug-likeness (QED) is 0.638. The maximum atomic E-state index is 13.3. The largest absolute Gasteiger partial charge is 0.314 e. The van der Waals surface area contributed by atoms with Crippen molar-refractivity contribution in [1.29, 1.82) is 0 Å². The van der Waals surface area contributed by atoms with Crippen molar-refractivity contribution < 1.29 is 8.78 Å². The number of piperazine rings is 1. The van der Waals surface area contributed by atoms with E-state index in [2.05, 4.69) is 46.0 Å². The first-order valence-electron chi connectivity index (χ1n) is 10.3. The Bertz CT molecular complexity index is 966. The molecule has 4 rings (SSSR count). The second-order valence-corrected chi connectivity index (χ2v) is 7.55. The van der Waals surface area contributed by atoms with Crippen LogP contribution in [0.5, 0.6) is 0 Å². The molecule has 30 heavy (non-hydrogen) atoms. The summed E-state index contributed by atoms with van der Waals surface area (Å²) in [4.78, 5) is 11.4. The molecule has 2 heterocycles. The fraction of sp³-hybridized carbons (Fsp3) is 0.292. The minimum atomic E-state index is -0.540. The summed E-state index contributed by atoms with van der Waals surface area (Å²) in [6.07, 6.45) is 3.74. The zero-order valence-electron chi connectivity index (χ0n) is 16.8. The summed E-state index contributed by atoms with van der Waals surface area (Å²) in [5, 5.41) is 3.33. The van der Waals surface area contributed by atoms with Gasteiger partial charge in [-0.3, -0.25) is 4.90 Å². The molecule has 0 bridgehead atoms. The number of nitrogens with zero attached hydrogens (tertiary/aromatic N) is 3. The predicted molar refractivity (Wildman–Crippen MR) is 113 cm³/mol. The molecule has 1 radical (unpaired) electrons. The maximum absolute atomic E-state index is 13.3. The summed E-state index contributed by atoms with van der Waals surface area (Å²) in [6, 6.07) is 14.0. The third-order valence-corrected chi connectivity index (χ3v) is 5.17. The Balaban J connectivity index is 1.39. The van der Waals surface area contributed by atoms with E-state index < -0.39 is 11.6 Å². The van der Waals surface area contributed by atoms with Crippen LogP contribution in [-0.4, -0.2) is 34.5 Å². The molecule has 1 aromatic heterocycles. The van der Waals surface area contributed by atoms with Crippen molar-refractivity contribution in [2.24, 2.45) is 0 Å². The Kier molecular flexibility index (Phi) is 6.77. The van der Waals surface area contributed by atoms with Gasteiger partial charge in [0.2, 0.25) is 0 Å². The highest BCUT2D eigenvalue weighted by atomic mass is 19.1. The van der Waals surface area contributed by atoms with Crippen molar-refractivity contribution in [2.75, 3.05) is 19.6 Å². The monoisotopic (exact) mass is 407 g/mol. The molecule has 0 aliphatic carbocycles. The molecule has 1 aliphatic heterocycles. The lowest BCUT2D eigenvalue weighted by Crippen LogP contribution is -2.39. The molecule has 0 spiro atoms. The second-order valence-electron chi connectivity index (χ2n) is 7.55. The minimum absolute atomic E-state index is 0.540. The van der Waals surface area contributed by atoms with Crippen molar-refractivity contribution in [3.63, 3.8) is 0 Å². The zero-order valence-corrected chi connectivity index (χ0v) is 16.8. The van der Waals surface area contributed by atoms with Crippen molar-refractivity contribution in [1.82, 2.24) is 20.2 Å². The SMILES string of the molecule is Fc1cc(F)cc(CCCc2nccc(-c3cccc(CN4[CH]CNCC4)c3)n2)c1.